The van der Waals surface area contributed by atoms with Crippen LogP contribution in [-0.2, 0) is 4.79 Å². The molecule has 1 amide bonds. The predicted octanol–water partition coefficient (Wildman–Crippen LogP) is 2.71. The van der Waals surface area contributed by atoms with Crippen LogP contribution in [0.25, 0.3) is 0 Å². The van der Waals surface area contributed by atoms with Crippen molar-refractivity contribution < 1.29 is 9.90 Å². The highest BCUT2D eigenvalue weighted by Crippen LogP contribution is 2.19. The van der Waals surface area contributed by atoms with E-state index in [9.17, 15) is 4.79 Å². The van der Waals surface area contributed by atoms with E-state index in [1.807, 2.05) is 45.9 Å². The number of benzene rings is 1. The van der Waals surface area contributed by atoms with E-state index in [2.05, 4.69) is 17.2 Å². The maximum atomic E-state index is 11.9. The molecule has 2 N–H and O–H groups in total. The van der Waals surface area contributed by atoms with Crippen LogP contribution in [0.5, 0.6) is 0 Å². The van der Waals surface area contributed by atoms with Gasteiger partial charge in [-0.15, -0.1) is 0 Å². The lowest BCUT2D eigenvalue weighted by molar-refractivity contribution is -0.123. The van der Waals surface area contributed by atoms with Crippen molar-refractivity contribution in [2.45, 2.75) is 34.1 Å². The van der Waals surface area contributed by atoms with E-state index in [-0.39, 0.29) is 12.5 Å². The number of carbonyl (C=O) groups is 1. The molecule has 0 heterocycles. The standard InChI is InChI=1S/C16H21NO2/c1-12-9-13(7-5-6-8-18)11-14(10-12)17-15(19)16(2,3)4/h9-11,18H,6,8H2,1-4H3,(H,17,19). The molecule has 0 spiro atoms. The van der Waals surface area contributed by atoms with Crippen molar-refractivity contribution in [1.29, 1.82) is 0 Å². The maximum absolute atomic E-state index is 11.9. The lowest BCUT2D eigenvalue weighted by atomic mass is 9.95. The van der Waals surface area contributed by atoms with Crippen LogP contribution < -0.4 is 5.32 Å². The number of anilines is 1. The van der Waals surface area contributed by atoms with Crippen molar-refractivity contribution in [2.75, 3.05) is 11.9 Å². The topological polar surface area (TPSA) is 49.3 Å². The van der Waals surface area contributed by atoms with Gasteiger partial charge < -0.3 is 10.4 Å². The van der Waals surface area contributed by atoms with Gasteiger partial charge in [-0.3, -0.25) is 4.79 Å². The first-order valence-electron chi connectivity index (χ1n) is 6.36. The number of aliphatic hydroxyl groups is 1. The summed E-state index contributed by atoms with van der Waals surface area (Å²) in [4.78, 5) is 11.9. The third-order valence-corrected chi connectivity index (χ3v) is 2.49. The molecule has 0 saturated carbocycles. The normalized spacial score (nSPS) is 10.6. The first kappa shape index (κ1) is 15.3. The van der Waals surface area contributed by atoms with Gasteiger partial charge in [-0.25, -0.2) is 0 Å². The summed E-state index contributed by atoms with van der Waals surface area (Å²) in [7, 11) is 0. The fourth-order valence-electron chi connectivity index (χ4n) is 1.47. The molecule has 0 radical (unpaired) electrons. The quantitative estimate of drug-likeness (QED) is 0.802. The molecule has 0 aliphatic heterocycles. The summed E-state index contributed by atoms with van der Waals surface area (Å²) in [5, 5.41) is 11.6. The molecule has 0 aliphatic carbocycles. The second kappa shape index (κ2) is 6.40. The van der Waals surface area contributed by atoms with Crippen molar-refractivity contribution in [3.63, 3.8) is 0 Å². The Morgan fingerprint density at radius 1 is 1.32 bits per heavy atom. The second-order valence-electron chi connectivity index (χ2n) is 5.57. The van der Waals surface area contributed by atoms with Gasteiger partial charge in [-0.1, -0.05) is 32.6 Å². The largest absolute Gasteiger partial charge is 0.395 e. The molecule has 0 aromatic heterocycles. The van der Waals surface area contributed by atoms with Gasteiger partial charge in [-0.05, 0) is 30.7 Å². The van der Waals surface area contributed by atoms with E-state index in [1.165, 1.54) is 0 Å². The summed E-state index contributed by atoms with van der Waals surface area (Å²) in [6.45, 7) is 7.65. The summed E-state index contributed by atoms with van der Waals surface area (Å²) in [6.07, 6.45) is 0.456. The number of nitrogens with one attached hydrogen (secondary N) is 1. The molecular formula is C16H21NO2. The lowest BCUT2D eigenvalue weighted by Crippen LogP contribution is -2.27. The summed E-state index contributed by atoms with van der Waals surface area (Å²) in [5.74, 6) is 5.83. The van der Waals surface area contributed by atoms with E-state index < -0.39 is 5.41 Å². The van der Waals surface area contributed by atoms with Crippen molar-refractivity contribution in [1.82, 2.24) is 0 Å². The zero-order chi connectivity index (χ0) is 14.5. The Hall–Kier alpha value is -1.79. The Labute approximate surface area is 115 Å². The number of hydrogen-bond donors (Lipinski definition) is 2. The third kappa shape index (κ3) is 5.15. The molecule has 0 aliphatic rings. The van der Waals surface area contributed by atoms with Gasteiger partial charge in [0.2, 0.25) is 5.91 Å². The fourth-order valence-corrected chi connectivity index (χ4v) is 1.47. The number of hydrogen-bond acceptors (Lipinski definition) is 2. The average Bonchev–Trinajstić information content (AvgIpc) is 2.27. The van der Waals surface area contributed by atoms with E-state index in [0.717, 1.165) is 16.8 Å². The van der Waals surface area contributed by atoms with Crippen LogP contribution in [0, 0.1) is 24.2 Å². The summed E-state index contributed by atoms with van der Waals surface area (Å²) in [6, 6.07) is 5.72. The summed E-state index contributed by atoms with van der Waals surface area (Å²) < 4.78 is 0. The maximum Gasteiger partial charge on any atom is 0.229 e. The van der Waals surface area contributed by atoms with Crippen molar-refractivity contribution in [3.8, 4) is 11.8 Å². The molecule has 1 rings (SSSR count). The zero-order valence-corrected chi connectivity index (χ0v) is 12.0. The van der Waals surface area contributed by atoms with Crippen LogP contribution in [0.15, 0.2) is 18.2 Å². The van der Waals surface area contributed by atoms with Crippen LogP contribution >= 0.6 is 0 Å². The van der Waals surface area contributed by atoms with E-state index in [1.54, 1.807) is 0 Å². The van der Waals surface area contributed by atoms with Crippen molar-refractivity contribution in [2.24, 2.45) is 5.41 Å². The molecule has 0 bridgehead atoms. The van der Waals surface area contributed by atoms with E-state index >= 15 is 0 Å². The molecule has 0 unspecified atom stereocenters. The molecular weight excluding hydrogens is 238 g/mol. The monoisotopic (exact) mass is 259 g/mol. The highest BCUT2D eigenvalue weighted by atomic mass is 16.2. The Kier molecular flexibility index (Phi) is 5.14. The Bertz CT molecular complexity index is 516. The molecule has 102 valence electrons. The van der Waals surface area contributed by atoms with Crippen molar-refractivity contribution in [3.05, 3.63) is 29.3 Å². The Balaban J connectivity index is 2.92. The molecule has 3 nitrogen and oxygen atoms in total. The number of carbonyl (C=O) groups excluding carboxylic acids is 1. The first-order chi connectivity index (χ1) is 8.82. The molecule has 1 aromatic rings. The summed E-state index contributed by atoms with van der Waals surface area (Å²) >= 11 is 0. The Morgan fingerprint density at radius 2 is 2.00 bits per heavy atom. The van der Waals surface area contributed by atoms with Crippen LogP contribution in [0.2, 0.25) is 0 Å². The molecule has 0 saturated heterocycles. The molecule has 1 aromatic carbocycles. The van der Waals surface area contributed by atoms with Gasteiger partial charge >= 0.3 is 0 Å². The van der Waals surface area contributed by atoms with Gasteiger partial charge in [0, 0.05) is 23.1 Å². The second-order valence-corrected chi connectivity index (χ2v) is 5.57. The van der Waals surface area contributed by atoms with Crippen LogP contribution in [0.4, 0.5) is 5.69 Å². The molecule has 0 fully saturated rings. The van der Waals surface area contributed by atoms with Gasteiger partial charge in [0.1, 0.15) is 0 Å². The number of aliphatic hydroxyl groups excluding tert-OH is 1. The minimum absolute atomic E-state index is 0.0210. The molecule has 0 atom stereocenters. The smallest absolute Gasteiger partial charge is 0.229 e. The molecule has 19 heavy (non-hydrogen) atoms. The SMILES string of the molecule is Cc1cc(C#CCCO)cc(NC(=O)C(C)(C)C)c1. The highest BCUT2D eigenvalue weighted by molar-refractivity contribution is 5.94. The summed E-state index contributed by atoms with van der Waals surface area (Å²) in [5.41, 5.74) is 2.22. The highest BCUT2D eigenvalue weighted by Gasteiger charge is 2.21. The molecule has 3 heteroatoms. The lowest BCUT2D eigenvalue weighted by Gasteiger charge is -2.18. The van der Waals surface area contributed by atoms with Crippen LogP contribution in [0.1, 0.15) is 38.3 Å². The third-order valence-electron chi connectivity index (χ3n) is 2.49. The fraction of sp³-hybridized carbons (Fsp3) is 0.438. The van der Waals surface area contributed by atoms with Crippen molar-refractivity contribution >= 4 is 11.6 Å². The van der Waals surface area contributed by atoms with Gasteiger partial charge in [-0.2, -0.15) is 0 Å². The van der Waals surface area contributed by atoms with Gasteiger partial charge in [0.05, 0.1) is 6.61 Å². The number of aryl methyl sites for hydroxylation is 1. The average molecular weight is 259 g/mol. The van der Waals surface area contributed by atoms with E-state index in [4.69, 9.17) is 5.11 Å². The number of rotatable bonds is 2. The minimum atomic E-state index is -0.424. The zero-order valence-electron chi connectivity index (χ0n) is 12.0. The van der Waals surface area contributed by atoms with Gasteiger partial charge in [0.25, 0.3) is 0 Å². The van der Waals surface area contributed by atoms with E-state index in [0.29, 0.717) is 6.42 Å². The minimum Gasteiger partial charge on any atom is -0.395 e. The Morgan fingerprint density at radius 3 is 2.58 bits per heavy atom. The first-order valence-corrected chi connectivity index (χ1v) is 6.36. The van der Waals surface area contributed by atoms with Gasteiger partial charge in [0.15, 0.2) is 0 Å². The number of amides is 1. The van der Waals surface area contributed by atoms with Crippen LogP contribution in [0.3, 0.4) is 0 Å². The predicted molar refractivity (Wildman–Crippen MR) is 77.8 cm³/mol. The van der Waals surface area contributed by atoms with Crippen LogP contribution in [-0.4, -0.2) is 17.6 Å².